The molecule has 2 aromatic rings. The normalized spacial score (nSPS) is 13.1. The number of hydrogen-bond donors (Lipinski definition) is 1. The van der Waals surface area contributed by atoms with Gasteiger partial charge in [-0.05, 0) is 56.2 Å². The van der Waals surface area contributed by atoms with Crippen LogP contribution >= 0.6 is 34.8 Å². The lowest BCUT2D eigenvalue weighted by molar-refractivity contribution is -0.139. The molecule has 0 bridgehead atoms. The highest BCUT2D eigenvalue weighted by atomic mass is 35.5. The molecule has 7 nitrogen and oxygen atoms in total. The van der Waals surface area contributed by atoms with Crippen LogP contribution in [0.25, 0.3) is 0 Å². The quantitative estimate of drug-likeness (QED) is 0.464. The Kier molecular flexibility index (Phi) is 10.1. The lowest BCUT2D eigenvalue weighted by atomic mass is 10.1. The SMILES string of the molecule is CC[C@H](C)NC(=O)[C@H](C)N(Cc1ccc(Cl)cc1)C(=O)CN(c1ccc(Cl)c(Cl)c1)S(C)(=O)=O. The van der Waals surface area contributed by atoms with E-state index >= 15 is 0 Å². The zero-order valence-corrected chi connectivity index (χ0v) is 22.5. The van der Waals surface area contributed by atoms with E-state index in [0.29, 0.717) is 5.02 Å². The third-order valence-electron chi connectivity index (χ3n) is 5.30. The Balaban J connectivity index is 2.39. The molecule has 0 aliphatic rings. The van der Waals surface area contributed by atoms with Gasteiger partial charge in [-0.2, -0.15) is 0 Å². The van der Waals surface area contributed by atoms with Gasteiger partial charge in [0.2, 0.25) is 21.8 Å². The molecular formula is C23H28Cl3N3O4S. The summed E-state index contributed by atoms with van der Waals surface area (Å²) in [6.07, 6.45) is 1.72. The Morgan fingerprint density at radius 1 is 1.00 bits per heavy atom. The maximum Gasteiger partial charge on any atom is 0.244 e. The number of carbonyl (C=O) groups excluding carboxylic acids is 2. The first kappa shape index (κ1) is 28.2. The van der Waals surface area contributed by atoms with E-state index in [4.69, 9.17) is 34.8 Å². The van der Waals surface area contributed by atoms with Gasteiger partial charge < -0.3 is 10.2 Å². The smallest absolute Gasteiger partial charge is 0.244 e. The van der Waals surface area contributed by atoms with Crippen molar-refractivity contribution in [1.82, 2.24) is 10.2 Å². The highest BCUT2D eigenvalue weighted by Crippen LogP contribution is 2.28. The van der Waals surface area contributed by atoms with Gasteiger partial charge in [0, 0.05) is 17.6 Å². The Labute approximate surface area is 216 Å². The third kappa shape index (κ3) is 7.77. The van der Waals surface area contributed by atoms with Crippen LogP contribution in [-0.4, -0.2) is 50.0 Å². The average Bonchev–Trinajstić information content (AvgIpc) is 2.77. The van der Waals surface area contributed by atoms with E-state index in [1.807, 2.05) is 13.8 Å². The van der Waals surface area contributed by atoms with Crippen LogP contribution in [0, 0.1) is 0 Å². The van der Waals surface area contributed by atoms with Crippen LogP contribution in [0.5, 0.6) is 0 Å². The molecule has 0 unspecified atom stereocenters. The molecule has 0 heterocycles. The van der Waals surface area contributed by atoms with E-state index in [1.165, 1.54) is 23.1 Å². The van der Waals surface area contributed by atoms with Crippen molar-refractivity contribution in [2.45, 2.75) is 45.8 Å². The number of hydrogen-bond acceptors (Lipinski definition) is 4. The zero-order chi connectivity index (χ0) is 25.6. The average molecular weight is 549 g/mol. The van der Waals surface area contributed by atoms with Crippen LogP contribution in [0.1, 0.15) is 32.8 Å². The first-order chi connectivity index (χ1) is 15.8. The van der Waals surface area contributed by atoms with Gasteiger partial charge in [-0.1, -0.05) is 53.9 Å². The maximum atomic E-state index is 13.5. The number of nitrogens with zero attached hydrogens (tertiary/aromatic N) is 2. The lowest BCUT2D eigenvalue weighted by Gasteiger charge is -2.32. The van der Waals surface area contributed by atoms with Gasteiger partial charge in [-0.3, -0.25) is 13.9 Å². The second-order valence-corrected chi connectivity index (χ2v) is 11.2. The molecule has 186 valence electrons. The van der Waals surface area contributed by atoms with E-state index < -0.39 is 28.5 Å². The Bertz CT molecular complexity index is 1130. The van der Waals surface area contributed by atoms with Crippen molar-refractivity contribution in [2.75, 3.05) is 17.1 Å². The molecule has 0 aromatic heterocycles. The first-order valence-electron chi connectivity index (χ1n) is 10.6. The molecule has 2 atom stereocenters. The summed E-state index contributed by atoms with van der Waals surface area (Å²) in [6, 6.07) is 10.2. The fraction of sp³-hybridized carbons (Fsp3) is 0.391. The molecule has 34 heavy (non-hydrogen) atoms. The number of carbonyl (C=O) groups is 2. The number of benzene rings is 2. The number of anilines is 1. The fourth-order valence-electron chi connectivity index (χ4n) is 3.09. The van der Waals surface area contributed by atoms with Crippen molar-refractivity contribution in [3.63, 3.8) is 0 Å². The summed E-state index contributed by atoms with van der Waals surface area (Å²) >= 11 is 18.0. The summed E-state index contributed by atoms with van der Waals surface area (Å²) in [5.41, 5.74) is 0.926. The summed E-state index contributed by atoms with van der Waals surface area (Å²) in [5, 5.41) is 3.81. The van der Waals surface area contributed by atoms with Crippen LogP contribution in [0.4, 0.5) is 5.69 Å². The maximum absolute atomic E-state index is 13.5. The summed E-state index contributed by atoms with van der Waals surface area (Å²) in [4.78, 5) is 27.6. The monoisotopic (exact) mass is 547 g/mol. The van der Waals surface area contributed by atoms with Crippen molar-refractivity contribution >= 4 is 62.3 Å². The molecule has 2 aromatic carbocycles. The molecule has 2 amide bonds. The van der Waals surface area contributed by atoms with Gasteiger partial charge in [-0.15, -0.1) is 0 Å². The second-order valence-electron chi connectivity index (χ2n) is 8.01. The minimum atomic E-state index is -3.86. The Morgan fingerprint density at radius 3 is 2.15 bits per heavy atom. The predicted octanol–water partition coefficient (Wildman–Crippen LogP) is 4.74. The van der Waals surface area contributed by atoms with E-state index in [0.717, 1.165) is 22.5 Å². The molecule has 0 aliphatic carbocycles. The standard InChI is InChI=1S/C23H28Cl3N3O4S/c1-5-15(2)27-23(31)16(3)28(13-17-6-8-18(24)9-7-17)22(30)14-29(34(4,32)33)19-10-11-20(25)21(26)12-19/h6-12,15-16H,5,13-14H2,1-4H3,(H,27,31)/t15-,16-/m0/s1. The molecular weight excluding hydrogens is 521 g/mol. The minimum absolute atomic E-state index is 0.0776. The number of nitrogens with one attached hydrogen (secondary N) is 1. The first-order valence-corrected chi connectivity index (χ1v) is 13.6. The van der Waals surface area contributed by atoms with Gasteiger partial charge >= 0.3 is 0 Å². The molecule has 0 aliphatic heterocycles. The van der Waals surface area contributed by atoms with Crippen LogP contribution in [0.2, 0.25) is 15.1 Å². The lowest BCUT2D eigenvalue weighted by Crippen LogP contribution is -2.52. The summed E-state index contributed by atoms with van der Waals surface area (Å²) in [5.74, 6) is -0.893. The van der Waals surface area contributed by atoms with Gasteiger partial charge in [0.1, 0.15) is 12.6 Å². The fourth-order valence-corrected chi connectivity index (χ4v) is 4.35. The van der Waals surface area contributed by atoms with Crippen LogP contribution in [0.3, 0.4) is 0 Å². The number of sulfonamides is 1. The van der Waals surface area contributed by atoms with Gasteiger partial charge in [0.25, 0.3) is 0 Å². The topological polar surface area (TPSA) is 86.8 Å². The number of halogens is 3. The minimum Gasteiger partial charge on any atom is -0.352 e. The van der Waals surface area contributed by atoms with Crippen molar-refractivity contribution in [2.24, 2.45) is 0 Å². The van der Waals surface area contributed by atoms with Gasteiger partial charge in [-0.25, -0.2) is 8.42 Å². The number of amides is 2. The molecule has 0 fully saturated rings. The molecule has 0 saturated heterocycles. The highest BCUT2D eigenvalue weighted by Gasteiger charge is 2.30. The van der Waals surface area contributed by atoms with Crippen LogP contribution in [-0.2, 0) is 26.2 Å². The largest absolute Gasteiger partial charge is 0.352 e. The van der Waals surface area contributed by atoms with Gasteiger partial charge in [0.05, 0.1) is 22.0 Å². The molecule has 11 heteroatoms. The van der Waals surface area contributed by atoms with E-state index in [2.05, 4.69) is 5.32 Å². The van der Waals surface area contributed by atoms with Crippen molar-refractivity contribution < 1.29 is 18.0 Å². The van der Waals surface area contributed by atoms with E-state index in [-0.39, 0.29) is 34.2 Å². The predicted molar refractivity (Wildman–Crippen MR) is 138 cm³/mol. The van der Waals surface area contributed by atoms with Crippen molar-refractivity contribution in [1.29, 1.82) is 0 Å². The molecule has 1 N–H and O–H groups in total. The highest BCUT2D eigenvalue weighted by molar-refractivity contribution is 7.92. The summed E-state index contributed by atoms with van der Waals surface area (Å²) < 4.78 is 26.0. The van der Waals surface area contributed by atoms with Crippen LogP contribution < -0.4 is 9.62 Å². The zero-order valence-electron chi connectivity index (χ0n) is 19.4. The van der Waals surface area contributed by atoms with Crippen molar-refractivity contribution in [3.8, 4) is 0 Å². The van der Waals surface area contributed by atoms with Gasteiger partial charge in [0.15, 0.2) is 0 Å². The Hall–Kier alpha value is -2.00. The second kappa shape index (κ2) is 12.1. The number of rotatable bonds is 10. The summed E-state index contributed by atoms with van der Waals surface area (Å²) in [6.45, 7) is 4.98. The van der Waals surface area contributed by atoms with Crippen molar-refractivity contribution in [3.05, 3.63) is 63.1 Å². The molecule has 0 radical (unpaired) electrons. The molecule has 0 saturated carbocycles. The molecule has 2 rings (SSSR count). The van der Waals surface area contributed by atoms with E-state index in [9.17, 15) is 18.0 Å². The van der Waals surface area contributed by atoms with E-state index in [1.54, 1.807) is 31.2 Å². The third-order valence-corrected chi connectivity index (χ3v) is 7.44. The van der Waals surface area contributed by atoms with Crippen LogP contribution in [0.15, 0.2) is 42.5 Å². The molecule has 0 spiro atoms. The summed E-state index contributed by atoms with van der Waals surface area (Å²) in [7, 11) is -3.86. The Morgan fingerprint density at radius 2 is 1.62 bits per heavy atom.